The Hall–Kier alpha value is -3.27. The number of ether oxygens (including phenoxy) is 1. The number of benzene rings is 1. The first-order valence-corrected chi connectivity index (χ1v) is 10.7. The number of likely N-dealkylation sites (tertiary alicyclic amines) is 1. The molecule has 9 nitrogen and oxygen atoms in total. The van der Waals surface area contributed by atoms with E-state index in [1.807, 2.05) is 0 Å². The molecular formula is C22H26FN5O4. The minimum absolute atomic E-state index is 0.0000399. The Bertz CT molecular complexity index is 1040. The standard InChI is InChI=1S/C22H26FN5O4/c1-3-31-21(29)18-13(2)24-22(30)25-17(18)12-28-9-5-7-15(11-28)20-26-19(27-32-20)14-6-4-8-16(23)10-14/h4,6,8,10,13,15H,3,5,7,9,11-12H2,1-2H3,(H2,24,25,30). The normalized spacial score (nSPS) is 21.8. The number of urea groups is 1. The summed E-state index contributed by atoms with van der Waals surface area (Å²) in [7, 11) is 0. The molecule has 32 heavy (non-hydrogen) atoms. The van der Waals surface area contributed by atoms with Crippen LogP contribution in [0.25, 0.3) is 11.4 Å². The summed E-state index contributed by atoms with van der Waals surface area (Å²) in [5.74, 6) is 0.0500. The molecule has 0 bridgehead atoms. The molecule has 170 valence electrons. The van der Waals surface area contributed by atoms with Crippen LogP contribution in [0.4, 0.5) is 9.18 Å². The van der Waals surface area contributed by atoms with Crippen molar-refractivity contribution in [2.24, 2.45) is 0 Å². The average Bonchev–Trinajstić information content (AvgIpc) is 3.24. The van der Waals surface area contributed by atoms with Crippen LogP contribution in [-0.4, -0.2) is 59.3 Å². The first kappa shape index (κ1) is 21.9. The molecule has 1 aromatic carbocycles. The highest BCUT2D eigenvalue weighted by Crippen LogP contribution is 2.28. The van der Waals surface area contributed by atoms with Crippen molar-refractivity contribution >= 4 is 12.0 Å². The Morgan fingerprint density at radius 3 is 3.03 bits per heavy atom. The number of carbonyl (C=O) groups is 2. The molecule has 2 atom stereocenters. The summed E-state index contributed by atoms with van der Waals surface area (Å²) in [6.45, 7) is 5.59. The maximum atomic E-state index is 13.5. The molecule has 0 saturated carbocycles. The van der Waals surface area contributed by atoms with Crippen molar-refractivity contribution in [3.8, 4) is 11.4 Å². The summed E-state index contributed by atoms with van der Waals surface area (Å²) >= 11 is 0. The first-order valence-electron chi connectivity index (χ1n) is 10.7. The van der Waals surface area contributed by atoms with Gasteiger partial charge in [0.25, 0.3) is 0 Å². The van der Waals surface area contributed by atoms with Crippen LogP contribution >= 0.6 is 0 Å². The predicted octanol–water partition coefficient (Wildman–Crippen LogP) is 2.57. The molecule has 4 rings (SSSR count). The summed E-state index contributed by atoms with van der Waals surface area (Å²) < 4.78 is 24.2. The monoisotopic (exact) mass is 443 g/mol. The number of carbonyl (C=O) groups excluding carboxylic acids is 2. The minimum atomic E-state index is -0.442. The molecule has 2 amide bonds. The molecule has 1 saturated heterocycles. The number of aromatic nitrogens is 2. The highest BCUT2D eigenvalue weighted by Gasteiger charge is 2.32. The van der Waals surface area contributed by atoms with Gasteiger partial charge in [-0.3, -0.25) is 4.90 Å². The number of nitrogens with zero attached hydrogens (tertiary/aromatic N) is 3. The summed E-state index contributed by atoms with van der Waals surface area (Å²) in [5.41, 5.74) is 1.54. The quantitative estimate of drug-likeness (QED) is 0.661. The van der Waals surface area contributed by atoms with Crippen LogP contribution in [0.15, 0.2) is 40.1 Å². The van der Waals surface area contributed by atoms with Crippen molar-refractivity contribution in [3.63, 3.8) is 0 Å². The van der Waals surface area contributed by atoms with Crippen LogP contribution in [-0.2, 0) is 9.53 Å². The van der Waals surface area contributed by atoms with Crippen LogP contribution in [0.2, 0.25) is 0 Å². The zero-order valence-corrected chi connectivity index (χ0v) is 18.1. The van der Waals surface area contributed by atoms with Crippen LogP contribution in [0.1, 0.15) is 38.5 Å². The van der Waals surface area contributed by atoms with Gasteiger partial charge in [0.05, 0.1) is 24.1 Å². The van der Waals surface area contributed by atoms with Crippen LogP contribution in [0.5, 0.6) is 0 Å². The SMILES string of the molecule is CCOC(=O)C1=C(CN2CCCC(c3nc(-c4cccc(F)c4)no3)C2)NC(=O)NC1C. The van der Waals surface area contributed by atoms with E-state index in [4.69, 9.17) is 9.26 Å². The Balaban J connectivity index is 1.50. The van der Waals surface area contributed by atoms with Crippen molar-refractivity contribution in [1.82, 2.24) is 25.7 Å². The minimum Gasteiger partial charge on any atom is -0.463 e. The number of hydrogen-bond donors (Lipinski definition) is 2. The van der Waals surface area contributed by atoms with Gasteiger partial charge in [-0.05, 0) is 45.4 Å². The van der Waals surface area contributed by atoms with Crippen molar-refractivity contribution in [2.45, 2.75) is 38.6 Å². The van der Waals surface area contributed by atoms with E-state index in [2.05, 4.69) is 25.7 Å². The highest BCUT2D eigenvalue weighted by atomic mass is 19.1. The zero-order chi connectivity index (χ0) is 22.7. The number of rotatable bonds is 6. The van der Waals surface area contributed by atoms with Gasteiger partial charge in [0.2, 0.25) is 11.7 Å². The summed E-state index contributed by atoms with van der Waals surface area (Å²) in [6.07, 6.45) is 1.77. The van der Waals surface area contributed by atoms with Crippen molar-refractivity contribution in [3.05, 3.63) is 47.2 Å². The number of hydrogen-bond acceptors (Lipinski definition) is 7. The van der Waals surface area contributed by atoms with Gasteiger partial charge in [-0.2, -0.15) is 4.98 Å². The maximum Gasteiger partial charge on any atom is 0.337 e. The van der Waals surface area contributed by atoms with Crippen molar-refractivity contribution < 1.29 is 23.2 Å². The molecule has 0 radical (unpaired) electrons. The second-order valence-electron chi connectivity index (χ2n) is 7.97. The lowest BCUT2D eigenvalue weighted by atomic mass is 9.97. The molecule has 2 aliphatic rings. The lowest BCUT2D eigenvalue weighted by molar-refractivity contribution is -0.139. The lowest BCUT2D eigenvalue weighted by Crippen LogP contribution is -2.51. The third-order valence-corrected chi connectivity index (χ3v) is 5.63. The lowest BCUT2D eigenvalue weighted by Gasteiger charge is -2.34. The number of amides is 2. The van der Waals surface area contributed by atoms with E-state index in [9.17, 15) is 14.0 Å². The van der Waals surface area contributed by atoms with Crippen LogP contribution < -0.4 is 10.6 Å². The molecular weight excluding hydrogens is 417 g/mol. The Labute approximate surface area is 185 Å². The van der Waals surface area contributed by atoms with E-state index in [1.165, 1.54) is 12.1 Å². The van der Waals surface area contributed by atoms with Gasteiger partial charge in [-0.15, -0.1) is 0 Å². The Morgan fingerprint density at radius 2 is 2.25 bits per heavy atom. The topological polar surface area (TPSA) is 110 Å². The molecule has 10 heteroatoms. The number of nitrogens with one attached hydrogen (secondary N) is 2. The second kappa shape index (κ2) is 9.47. The third kappa shape index (κ3) is 4.80. The Morgan fingerprint density at radius 1 is 1.41 bits per heavy atom. The largest absolute Gasteiger partial charge is 0.463 e. The molecule has 2 N–H and O–H groups in total. The maximum absolute atomic E-state index is 13.5. The van der Waals surface area contributed by atoms with E-state index in [1.54, 1.807) is 26.0 Å². The van der Waals surface area contributed by atoms with Gasteiger partial charge in [-0.1, -0.05) is 17.3 Å². The van der Waals surface area contributed by atoms with E-state index >= 15 is 0 Å². The number of esters is 1. The van der Waals surface area contributed by atoms with Gasteiger partial charge in [-0.25, -0.2) is 14.0 Å². The molecule has 2 unspecified atom stereocenters. The average molecular weight is 443 g/mol. The van der Waals surface area contributed by atoms with Crippen LogP contribution in [0.3, 0.4) is 0 Å². The fourth-order valence-corrected chi connectivity index (χ4v) is 4.17. The summed E-state index contributed by atoms with van der Waals surface area (Å²) in [4.78, 5) is 31.1. The summed E-state index contributed by atoms with van der Waals surface area (Å²) in [6, 6.07) is 5.28. The first-order chi connectivity index (χ1) is 15.4. The van der Waals surface area contributed by atoms with Gasteiger partial charge in [0.15, 0.2) is 0 Å². The Kier molecular flexibility index (Phi) is 6.50. The molecule has 0 aliphatic carbocycles. The second-order valence-corrected chi connectivity index (χ2v) is 7.97. The third-order valence-electron chi connectivity index (χ3n) is 5.63. The molecule has 1 aromatic heterocycles. The van der Waals surface area contributed by atoms with Crippen molar-refractivity contribution in [2.75, 3.05) is 26.2 Å². The van der Waals surface area contributed by atoms with Crippen LogP contribution in [0, 0.1) is 5.82 Å². The molecule has 2 aliphatic heterocycles. The van der Waals surface area contributed by atoms with E-state index < -0.39 is 12.0 Å². The smallest absolute Gasteiger partial charge is 0.337 e. The number of halogens is 1. The number of piperidine rings is 1. The summed E-state index contributed by atoms with van der Waals surface area (Å²) in [5, 5.41) is 9.49. The van der Waals surface area contributed by atoms with Gasteiger partial charge in [0.1, 0.15) is 5.82 Å². The van der Waals surface area contributed by atoms with Gasteiger partial charge >= 0.3 is 12.0 Å². The van der Waals surface area contributed by atoms with E-state index in [0.29, 0.717) is 41.6 Å². The molecule has 3 heterocycles. The molecule has 2 aromatic rings. The molecule has 0 spiro atoms. The fraction of sp³-hybridized carbons (Fsp3) is 0.455. The molecule has 1 fully saturated rings. The van der Waals surface area contributed by atoms with E-state index in [-0.39, 0.29) is 24.4 Å². The highest BCUT2D eigenvalue weighted by molar-refractivity contribution is 5.94. The van der Waals surface area contributed by atoms with E-state index in [0.717, 1.165) is 19.4 Å². The van der Waals surface area contributed by atoms with Gasteiger partial charge in [0, 0.05) is 24.4 Å². The fourth-order valence-electron chi connectivity index (χ4n) is 4.17. The predicted molar refractivity (Wildman–Crippen MR) is 113 cm³/mol. The zero-order valence-electron chi connectivity index (χ0n) is 18.1. The van der Waals surface area contributed by atoms with Crippen molar-refractivity contribution in [1.29, 1.82) is 0 Å². The van der Waals surface area contributed by atoms with Gasteiger partial charge < -0.3 is 19.9 Å².